The summed E-state index contributed by atoms with van der Waals surface area (Å²) in [7, 11) is -3.68. The Kier molecular flexibility index (Phi) is 12.2. The van der Waals surface area contributed by atoms with E-state index in [9.17, 15) is 13.2 Å². The number of hydrogen-bond acceptors (Lipinski definition) is 6. The third kappa shape index (κ3) is 8.23. The zero-order valence-electron chi connectivity index (χ0n) is 25.4. The lowest BCUT2D eigenvalue weighted by Gasteiger charge is -2.21. The fourth-order valence-electron chi connectivity index (χ4n) is 5.12. The van der Waals surface area contributed by atoms with E-state index in [0.29, 0.717) is 40.1 Å². The molecule has 43 heavy (non-hydrogen) atoms. The number of benzene rings is 2. The van der Waals surface area contributed by atoms with Crippen molar-refractivity contribution in [3.8, 4) is 16.9 Å². The van der Waals surface area contributed by atoms with Crippen LogP contribution in [0.25, 0.3) is 23.0 Å². The van der Waals surface area contributed by atoms with Crippen molar-refractivity contribution >= 4 is 50.3 Å². The lowest BCUT2D eigenvalue weighted by atomic mass is 10.1. The van der Waals surface area contributed by atoms with Crippen molar-refractivity contribution in [3.05, 3.63) is 71.3 Å². The molecule has 1 aliphatic rings. The van der Waals surface area contributed by atoms with Gasteiger partial charge in [0.1, 0.15) is 10.0 Å². The predicted molar refractivity (Wildman–Crippen MR) is 182 cm³/mol. The minimum Gasteiger partial charge on any atom is -0.293 e. The summed E-state index contributed by atoms with van der Waals surface area (Å²) in [6, 6.07) is 16.7. The molecule has 10 heteroatoms. The molecule has 0 spiro atoms. The van der Waals surface area contributed by atoms with Gasteiger partial charge in [0.15, 0.2) is 0 Å². The normalized spacial score (nSPS) is 14.9. The van der Waals surface area contributed by atoms with E-state index in [1.165, 1.54) is 37.4 Å². The van der Waals surface area contributed by atoms with Crippen molar-refractivity contribution in [3.63, 3.8) is 0 Å². The summed E-state index contributed by atoms with van der Waals surface area (Å²) in [6.45, 7) is 7.72. The fourth-order valence-corrected chi connectivity index (χ4v) is 8.09. The lowest BCUT2D eigenvalue weighted by molar-refractivity contribution is -0.122. The van der Waals surface area contributed by atoms with Crippen LogP contribution < -0.4 is 0 Å². The average Bonchev–Trinajstić information content (AvgIpc) is 3.55. The van der Waals surface area contributed by atoms with Crippen LogP contribution in [-0.2, 0) is 14.8 Å². The quantitative estimate of drug-likeness (QED) is 0.0902. The molecule has 0 N–H and O–H groups in total. The second kappa shape index (κ2) is 15.8. The first-order chi connectivity index (χ1) is 20.8. The van der Waals surface area contributed by atoms with Gasteiger partial charge in [0.2, 0.25) is 10.0 Å². The van der Waals surface area contributed by atoms with Gasteiger partial charge >= 0.3 is 0 Å². The molecule has 1 aromatic heterocycles. The van der Waals surface area contributed by atoms with E-state index in [2.05, 4.69) is 6.92 Å². The second-order valence-corrected chi connectivity index (χ2v) is 14.4. The van der Waals surface area contributed by atoms with Crippen LogP contribution >= 0.6 is 24.0 Å². The maximum atomic E-state index is 13.6. The lowest BCUT2D eigenvalue weighted by Crippen LogP contribution is -2.32. The Bertz CT molecular complexity index is 1530. The van der Waals surface area contributed by atoms with Gasteiger partial charge in [-0.25, -0.2) is 13.1 Å². The van der Waals surface area contributed by atoms with Crippen LogP contribution in [0.5, 0.6) is 0 Å². The van der Waals surface area contributed by atoms with Gasteiger partial charge in [0.05, 0.1) is 15.5 Å². The van der Waals surface area contributed by atoms with Crippen molar-refractivity contribution in [1.82, 2.24) is 19.0 Å². The van der Waals surface area contributed by atoms with Gasteiger partial charge in [0.25, 0.3) is 5.91 Å². The number of aromatic nitrogens is 2. The molecule has 0 saturated carbocycles. The molecule has 1 saturated heterocycles. The highest BCUT2D eigenvalue weighted by atomic mass is 32.2. The smallest absolute Gasteiger partial charge is 0.266 e. The van der Waals surface area contributed by atoms with Crippen molar-refractivity contribution in [1.29, 1.82) is 0 Å². The summed E-state index contributed by atoms with van der Waals surface area (Å²) < 4.78 is 31.0. The van der Waals surface area contributed by atoms with Gasteiger partial charge in [-0.05, 0) is 49.6 Å². The molecule has 1 aliphatic heterocycles. The number of nitrogens with zero attached hydrogens (tertiary/aromatic N) is 4. The van der Waals surface area contributed by atoms with Crippen molar-refractivity contribution in [2.45, 2.75) is 77.0 Å². The summed E-state index contributed by atoms with van der Waals surface area (Å²) in [6.07, 6.45) is 12.0. The number of thioether (sulfide) groups is 1. The zero-order valence-corrected chi connectivity index (χ0v) is 27.8. The van der Waals surface area contributed by atoms with Crippen molar-refractivity contribution in [2.75, 3.05) is 19.6 Å². The van der Waals surface area contributed by atoms with E-state index in [1.54, 1.807) is 32.1 Å². The maximum Gasteiger partial charge on any atom is 0.266 e. The van der Waals surface area contributed by atoms with Crippen LogP contribution in [0.15, 0.2) is 70.6 Å². The molecule has 4 rings (SSSR count). The SMILES string of the molecule is CCCCCCCCN1C(=O)C(=Cc2cn(-c3ccccc3)nc2-c2cccc(S(=O)(=O)N(CCC)CCC)c2)SC1=S. The topological polar surface area (TPSA) is 75.5 Å². The first-order valence-corrected chi connectivity index (χ1v) is 18.0. The largest absolute Gasteiger partial charge is 0.293 e. The van der Waals surface area contributed by atoms with Crippen LogP contribution in [0, 0.1) is 0 Å². The van der Waals surface area contributed by atoms with Crippen molar-refractivity contribution < 1.29 is 13.2 Å². The van der Waals surface area contributed by atoms with Crippen LogP contribution in [0.4, 0.5) is 0 Å². The fraction of sp³-hybridized carbons (Fsp3) is 0.424. The Morgan fingerprint density at radius 1 is 0.907 bits per heavy atom. The molecule has 2 aromatic carbocycles. The summed E-state index contributed by atoms with van der Waals surface area (Å²) in [4.78, 5) is 15.9. The molecule has 1 fully saturated rings. The van der Waals surface area contributed by atoms with Crippen LogP contribution in [0.2, 0.25) is 0 Å². The Morgan fingerprint density at radius 3 is 2.30 bits per heavy atom. The summed E-state index contributed by atoms with van der Waals surface area (Å²) in [5.74, 6) is -0.0897. The standard InChI is InChI=1S/C33H42N4O3S3/c1-4-7-8-9-10-14-22-36-32(38)30(42-33(36)41)24-27-25-37(28-17-12-11-13-18-28)34-31(27)26-16-15-19-29(23-26)43(39,40)35(20-5-2)21-6-3/h11-13,15-19,23-25H,4-10,14,20-22H2,1-3H3. The van der Waals surface area contributed by atoms with Gasteiger partial charge in [-0.3, -0.25) is 9.69 Å². The summed E-state index contributed by atoms with van der Waals surface area (Å²) in [5.41, 5.74) is 2.84. The molecule has 0 radical (unpaired) electrons. The Labute approximate surface area is 266 Å². The Morgan fingerprint density at radius 2 is 1.60 bits per heavy atom. The number of unbranched alkanes of at least 4 members (excludes halogenated alkanes) is 5. The van der Waals surface area contributed by atoms with Crippen LogP contribution in [-0.4, -0.2) is 57.3 Å². The number of rotatable bonds is 16. The number of carbonyl (C=O) groups is 1. The zero-order chi connectivity index (χ0) is 30.8. The highest BCUT2D eigenvalue weighted by molar-refractivity contribution is 8.26. The molecule has 0 bridgehead atoms. The summed E-state index contributed by atoms with van der Waals surface area (Å²) in [5, 5.41) is 4.88. The van der Waals surface area contributed by atoms with E-state index in [1.807, 2.05) is 62.5 Å². The molecule has 7 nitrogen and oxygen atoms in total. The van der Waals surface area contributed by atoms with E-state index in [0.717, 1.165) is 36.9 Å². The number of sulfonamides is 1. The predicted octanol–water partition coefficient (Wildman–Crippen LogP) is 7.91. The highest BCUT2D eigenvalue weighted by Gasteiger charge is 2.32. The number of para-hydroxylation sites is 1. The molecular weight excluding hydrogens is 597 g/mol. The summed E-state index contributed by atoms with van der Waals surface area (Å²) >= 11 is 6.91. The highest BCUT2D eigenvalue weighted by Crippen LogP contribution is 2.35. The van der Waals surface area contributed by atoms with Gasteiger partial charge < -0.3 is 0 Å². The number of thiocarbonyl (C=S) groups is 1. The Hall–Kier alpha value is -2.79. The van der Waals surface area contributed by atoms with Crippen LogP contribution in [0.1, 0.15) is 77.7 Å². The third-order valence-corrected chi connectivity index (χ3v) is 10.6. The molecule has 0 atom stereocenters. The van der Waals surface area contributed by atoms with Gasteiger partial charge in [-0.15, -0.1) is 0 Å². The monoisotopic (exact) mass is 638 g/mol. The van der Waals surface area contributed by atoms with Gasteiger partial charge in [0, 0.05) is 37.0 Å². The van der Waals surface area contributed by atoms with Crippen molar-refractivity contribution in [2.24, 2.45) is 0 Å². The third-order valence-electron chi connectivity index (χ3n) is 7.35. The molecule has 230 valence electrons. The molecule has 2 heterocycles. The molecule has 3 aromatic rings. The molecule has 0 unspecified atom stereocenters. The molecular formula is C33H42N4O3S3. The minimum atomic E-state index is -3.68. The Balaban J connectivity index is 1.67. The van der Waals surface area contributed by atoms with E-state index in [4.69, 9.17) is 17.3 Å². The minimum absolute atomic E-state index is 0.0897. The molecule has 0 aliphatic carbocycles. The van der Waals surface area contributed by atoms with Gasteiger partial charge in [-0.2, -0.15) is 9.40 Å². The van der Waals surface area contributed by atoms with Gasteiger partial charge in [-0.1, -0.05) is 107 Å². The number of hydrogen-bond donors (Lipinski definition) is 0. The first-order valence-electron chi connectivity index (χ1n) is 15.3. The first kappa shape index (κ1) is 33.1. The molecule has 1 amide bonds. The number of carbonyl (C=O) groups excluding carboxylic acids is 1. The van der Waals surface area contributed by atoms with Crippen LogP contribution in [0.3, 0.4) is 0 Å². The van der Waals surface area contributed by atoms with E-state index in [-0.39, 0.29) is 10.8 Å². The number of amides is 1. The average molecular weight is 639 g/mol. The maximum absolute atomic E-state index is 13.6. The van der Waals surface area contributed by atoms with E-state index >= 15 is 0 Å². The van der Waals surface area contributed by atoms with E-state index < -0.39 is 10.0 Å². The second-order valence-electron chi connectivity index (χ2n) is 10.7.